The first-order valence-electron chi connectivity index (χ1n) is 9.97. The van der Waals surface area contributed by atoms with E-state index in [9.17, 15) is 8.78 Å². The van der Waals surface area contributed by atoms with Gasteiger partial charge < -0.3 is 4.74 Å². The van der Waals surface area contributed by atoms with Gasteiger partial charge in [-0.15, -0.1) is 6.58 Å². The highest BCUT2D eigenvalue weighted by Gasteiger charge is 2.14. The lowest BCUT2D eigenvalue weighted by Gasteiger charge is -2.11. The zero-order chi connectivity index (χ0) is 22.0. The van der Waals surface area contributed by atoms with Gasteiger partial charge in [0.2, 0.25) is 0 Å². The van der Waals surface area contributed by atoms with Crippen LogP contribution in [0.5, 0.6) is 5.75 Å². The van der Waals surface area contributed by atoms with Gasteiger partial charge >= 0.3 is 0 Å². The summed E-state index contributed by atoms with van der Waals surface area (Å²) in [6.45, 7) is 3.73. The molecule has 156 valence electrons. The van der Waals surface area contributed by atoms with Gasteiger partial charge in [0.25, 0.3) is 0 Å². The molecule has 0 unspecified atom stereocenters. The molecule has 0 aromatic heterocycles. The summed E-state index contributed by atoms with van der Waals surface area (Å²) < 4.78 is 49.0. The molecule has 0 spiro atoms. The molecule has 31 heavy (non-hydrogen) atoms. The number of hydrogen-bond donors (Lipinski definition) is 0. The maximum atomic E-state index is 15.2. The number of allylic oxidation sites excluding steroid dienone is 1. The first-order chi connectivity index (χ1) is 15.0. The zero-order valence-electron chi connectivity index (χ0n) is 17.1. The van der Waals surface area contributed by atoms with E-state index in [1.165, 1.54) is 31.4 Å². The molecule has 0 saturated carbocycles. The van der Waals surface area contributed by atoms with Crippen LogP contribution < -0.4 is 4.74 Å². The van der Waals surface area contributed by atoms with Crippen LogP contribution in [-0.4, -0.2) is 7.11 Å². The number of benzene rings is 4. The number of halogens is 3. The molecular formula is C27H21F3O. The predicted octanol–water partition coefficient (Wildman–Crippen LogP) is 7.72. The zero-order valence-corrected chi connectivity index (χ0v) is 17.1. The van der Waals surface area contributed by atoms with Crippen LogP contribution in [0.1, 0.15) is 12.0 Å². The molecule has 0 N–H and O–H groups in total. The maximum Gasteiger partial charge on any atom is 0.165 e. The molecule has 0 radical (unpaired) electrons. The Morgan fingerprint density at radius 1 is 0.806 bits per heavy atom. The van der Waals surface area contributed by atoms with Crippen molar-refractivity contribution in [3.8, 4) is 28.0 Å². The fourth-order valence-corrected chi connectivity index (χ4v) is 3.74. The van der Waals surface area contributed by atoms with Crippen molar-refractivity contribution in [3.63, 3.8) is 0 Å². The van der Waals surface area contributed by atoms with Crippen molar-refractivity contribution in [1.29, 1.82) is 0 Å². The Hall–Kier alpha value is -3.53. The number of methoxy groups -OCH3 is 1. The minimum absolute atomic E-state index is 0.0895. The smallest absolute Gasteiger partial charge is 0.165 e. The second kappa shape index (κ2) is 8.68. The Kier molecular flexibility index (Phi) is 5.81. The third kappa shape index (κ3) is 4.06. The number of rotatable bonds is 6. The van der Waals surface area contributed by atoms with Crippen molar-refractivity contribution < 1.29 is 17.9 Å². The van der Waals surface area contributed by atoms with E-state index in [1.807, 2.05) is 24.3 Å². The lowest BCUT2D eigenvalue weighted by atomic mass is 9.96. The van der Waals surface area contributed by atoms with E-state index in [0.29, 0.717) is 22.1 Å². The number of ether oxygens (including phenoxy) is 1. The van der Waals surface area contributed by atoms with E-state index < -0.39 is 17.5 Å². The molecule has 4 aromatic carbocycles. The second-order valence-corrected chi connectivity index (χ2v) is 7.35. The van der Waals surface area contributed by atoms with Crippen LogP contribution in [0.3, 0.4) is 0 Å². The molecule has 0 aliphatic rings. The van der Waals surface area contributed by atoms with Gasteiger partial charge in [-0.1, -0.05) is 54.6 Å². The van der Waals surface area contributed by atoms with Crippen LogP contribution >= 0.6 is 0 Å². The fourth-order valence-electron chi connectivity index (χ4n) is 3.74. The Bertz CT molecular complexity index is 1280. The van der Waals surface area contributed by atoms with Gasteiger partial charge in [-0.25, -0.2) is 13.2 Å². The van der Waals surface area contributed by atoms with Crippen molar-refractivity contribution in [2.24, 2.45) is 0 Å². The van der Waals surface area contributed by atoms with Crippen LogP contribution in [0, 0.1) is 17.5 Å². The molecule has 4 heteroatoms. The fraction of sp³-hybridized carbons (Fsp3) is 0.111. The molecule has 0 amide bonds. The summed E-state index contributed by atoms with van der Waals surface area (Å²) in [5.74, 6) is -1.43. The summed E-state index contributed by atoms with van der Waals surface area (Å²) in [6, 6.07) is 17.8. The van der Waals surface area contributed by atoms with Gasteiger partial charge in [-0.05, 0) is 53.1 Å². The maximum absolute atomic E-state index is 15.2. The van der Waals surface area contributed by atoms with Crippen molar-refractivity contribution in [2.75, 3.05) is 7.11 Å². The molecule has 0 saturated heterocycles. The minimum Gasteiger partial charge on any atom is -0.494 e. The van der Waals surface area contributed by atoms with Gasteiger partial charge in [0.15, 0.2) is 11.6 Å². The van der Waals surface area contributed by atoms with Gasteiger partial charge in [0.05, 0.1) is 7.11 Å². The Morgan fingerprint density at radius 2 is 1.52 bits per heavy atom. The van der Waals surface area contributed by atoms with Gasteiger partial charge in [-0.2, -0.15) is 0 Å². The molecular weight excluding hydrogens is 397 g/mol. The van der Waals surface area contributed by atoms with Crippen LogP contribution in [0.2, 0.25) is 0 Å². The van der Waals surface area contributed by atoms with E-state index in [0.717, 1.165) is 23.8 Å². The standard InChI is InChI=1S/C27H21F3O/c1-3-4-5-17-6-10-22-18(14-17)8-12-23(27(22)30)20-7-11-21(24(28)15-20)19-9-13-26(31-2)25(29)16-19/h3,6-16H,1,4-5H2,2H3. The molecule has 1 nitrogen and oxygen atoms in total. The quantitative estimate of drug-likeness (QED) is 0.291. The van der Waals surface area contributed by atoms with Crippen molar-refractivity contribution in [2.45, 2.75) is 12.8 Å². The number of hydrogen-bond acceptors (Lipinski definition) is 1. The van der Waals surface area contributed by atoms with Crippen LogP contribution in [0.25, 0.3) is 33.0 Å². The molecule has 0 aliphatic carbocycles. The van der Waals surface area contributed by atoms with Gasteiger partial charge in [0.1, 0.15) is 11.6 Å². The van der Waals surface area contributed by atoms with Crippen LogP contribution in [0.15, 0.2) is 79.4 Å². The highest BCUT2D eigenvalue weighted by molar-refractivity contribution is 5.89. The number of aryl methyl sites for hydroxylation is 1. The Morgan fingerprint density at radius 3 is 2.23 bits per heavy atom. The van der Waals surface area contributed by atoms with E-state index in [-0.39, 0.29) is 11.3 Å². The lowest BCUT2D eigenvalue weighted by Crippen LogP contribution is -1.93. The van der Waals surface area contributed by atoms with Crippen molar-refractivity contribution in [1.82, 2.24) is 0 Å². The highest BCUT2D eigenvalue weighted by Crippen LogP contribution is 2.33. The number of fused-ring (bicyclic) bond motifs is 1. The Labute approximate surface area is 179 Å². The third-order valence-electron chi connectivity index (χ3n) is 5.40. The predicted molar refractivity (Wildman–Crippen MR) is 120 cm³/mol. The molecule has 0 heterocycles. The average molecular weight is 418 g/mol. The van der Waals surface area contributed by atoms with Gasteiger partial charge in [-0.3, -0.25) is 0 Å². The summed E-state index contributed by atoms with van der Waals surface area (Å²) in [4.78, 5) is 0. The largest absolute Gasteiger partial charge is 0.494 e. The molecule has 0 bridgehead atoms. The first-order valence-corrected chi connectivity index (χ1v) is 9.97. The van der Waals surface area contributed by atoms with E-state index >= 15 is 4.39 Å². The summed E-state index contributed by atoms with van der Waals surface area (Å²) in [7, 11) is 1.37. The van der Waals surface area contributed by atoms with E-state index in [1.54, 1.807) is 24.3 Å². The molecule has 4 aromatic rings. The molecule has 0 fully saturated rings. The van der Waals surface area contributed by atoms with Crippen LogP contribution in [-0.2, 0) is 6.42 Å². The summed E-state index contributed by atoms with van der Waals surface area (Å²) >= 11 is 0. The third-order valence-corrected chi connectivity index (χ3v) is 5.40. The first kappa shape index (κ1) is 20.7. The van der Waals surface area contributed by atoms with Crippen LogP contribution in [0.4, 0.5) is 13.2 Å². The van der Waals surface area contributed by atoms with Gasteiger partial charge in [0, 0.05) is 16.5 Å². The Balaban J connectivity index is 1.71. The summed E-state index contributed by atoms with van der Waals surface area (Å²) in [5, 5.41) is 1.29. The van der Waals surface area contributed by atoms with E-state index in [4.69, 9.17) is 4.74 Å². The topological polar surface area (TPSA) is 9.23 Å². The SMILES string of the molecule is C=CCCc1ccc2c(F)c(-c3ccc(-c4ccc(OC)c(F)c4)c(F)c3)ccc2c1. The minimum atomic E-state index is -0.573. The molecule has 0 aliphatic heterocycles. The van der Waals surface area contributed by atoms with Crippen molar-refractivity contribution in [3.05, 3.63) is 102 Å². The monoisotopic (exact) mass is 418 g/mol. The summed E-state index contributed by atoms with van der Waals surface area (Å²) in [5.41, 5.74) is 2.47. The van der Waals surface area contributed by atoms with Crippen molar-refractivity contribution >= 4 is 10.8 Å². The molecule has 0 atom stereocenters. The second-order valence-electron chi connectivity index (χ2n) is 7.35. The lowest BCUT2D eigenvalue weighted by molar-refractivity contribution is 0.386. The normalized spacial score (nSPS) is 11.0. The molecule has 4 rings (SSSR count). The summed E-state index contributed by atoms with van der Waals surface area (Å²) in [6.07, 6.45) is 3.56. The van der Waals surface area contributed by atoms with E-state index in [2.05, 4.69) is 6.58 Å². The highest BCUT2D eigenvalue weighted by atomic mass is 19.1. The average Bonchev–Trinajstić information content (AvgIpc) is 2.77.